The lowest BCUT2D eigenvalue weighted by Gasteiger charge is -2.22. The van der Waals surface area contributed by atoms with E-state index in [1.54, 1.807) is 21.3 Å². The van der Waals surface area contributed by atoms with Gasteiger partial charge in [0.2, 0.25) is 5.91 Å². The summed E-state index contributed by atoms with van der Waals surface area (Å²) in [5.41, 5.74) is 3.69. The molecule has 1 N–H and O–H groups in total. The number of hydrogen-bond acceptors (Lipinski definition) is 4. The van der Waals surface area contributed by atoms with Crippen molar-refractivity contribution in [2.75, 3.05) is 41.4 Å². The Labute approximate surface area is 214 Å². The Morgan fingerprint density at radius 2 is 1.76 bits per heavy atom. The topological polar surface area (TPSA) is 66.4 Å². The molecule has 2 aromatic rings. The summed E-state index contributed by atoms with van der Waals surface area (Å²) in [6, 6.07) is 14.3. The smallest absolute Gasteiger partial charge is 0.223 e. The van der Waals surface area contributed by atoms with E-state index in [0.29, 0.717) is 13.0 Å². The molecular weight excluding hydrogens is 531 g/mol. The zero-order valence-electron chi connectivity index (χ0n) is 20.0. The molecular formula is C25H35IN4O3. The van der Waals surface area contributed by atoms with Crippen LogP contribution < -0.4 is 14.8 Å². The second-order valence-corrected chi connectivity index (χ2v) is 7.96. The van der Waals surface area contributed by atoms with Crippen LogP contribution in [0.4, 0.5) is 0 Å². The van der Waals surface area contributed by atoms with Crippen LogP contribution in [0.1, 0.15) is 29.5 Å². The monoisotopic (exact) mass is 566 g/mol. The summed E-state index contributed by atoms with van der Waals surface area (Å²) >= 11 is 0. The van der Waals surface area contributed by atoms with E-state index >= 15 is 0 Å². The maximum absolute atomic E-state index is 12.6. The number of halogens is 1. The average Bonchev–Trinajstić information content (AvgIpc) is 3.26. The minimum atomic E-state index is 0. The number of ether oxygens (including phenoxy) is 2. The standard InChI is InChI=1S/C25H34N4O3.HI/c1-26-25(28(2)15-13-19-11-12-22(31-3)23(16-19)32-4)27-14-7-10-24(30)29-17-20-8-5-6-9-21(20)18-29;/h5-6,8-9,11-12,16H,7,10,13-15,17-18H2,1-4H3,(H,26,27);1H. The number of carbonyl (C=O) groups excluding carboxylic acids is 1. The summed E-state index contributed by atoms with van der Waals surface area (Å²) < 4.78 is 10.7. The molecule has 0 saturated carbocycles. The first kappa shape index (κ1) is 26.8. The van der Waals surface area contributed by atoms with Crippen molar-refractivity contribution in [3.05, 3.63) is 59.2 Å². The number of likely N-dealkylation sites (N-methyl/N-ethyl adjacent to an activating group) is 1. The van der Waals surface area contributed by atoms with Crippen LogP contribution in [0.15, 0.2) is 47.5 Å². The van der Waals surface area contributed by atoms with Crippen LogP contribution in [0.3, 0.4) is 0 Å². The van der Waals surface area contributed by atoms with Gasteiger partial charge in [0.1, 0.15) is 0 Å². The highest BCUT2D eigenvalue weighted by molar-refractivity contribution is 14.0. The summed E-state index contributed by atoms with van der Waals surface area (Å²) in [5, 5.41) is 3.37. The van der Waals surface area contributed by atoms with Gasteiger partial charge in [-0.1, -0.05) is 30.3 Å². The van der Waals surface area contributed by atoms with E-state index in [-0.39, 0.29) is 29.9 Å². The Morgan fingerprint density at radius 3 is 2.36 bits per heavy atom. The Kier molecular flexibility index (Phi) is 10.8. The number of carbonyl (C=O) groups is 1. The molecule has 0 radical (unpaired) electrons. The van der Waals surface area contributed by atoms with Crippen LogP contribution in [-0.4, -0.2) is 63.1 Å². The van der Waals surface area contributed by atoms with Crippen LogP contribution in [0.25, 0.3) is 0 Å². The highest BCUT2D eigenvalue weighted by Crippen LogP contribution is 2.27. The molecule has 1 heterocycles. The Bertz CT molecular complexity index is 926. The lowest BCUT2D eigenvalue weighted by Crippen LogP contribution is -2.40. The van der Waals surface area contributed by atoms with Gasteiger partial charge in [-0.05, 0) is 41.7 Å². The van der Waals surface area contributed by atoms with E-state index in [4.69, 9.17) is 9.47 Å². The molecule has 3 rings (SSSR count). The third kappa shape index (κ3) is 7.25. The van der Waals surface area contributed by atoms with E-state index in [9.17, 15) is 4.79 Å². The number of aliphatic imine (C=N–C) groups is 1. The van der Waals surface area contributed by atoms with Crippen molar-refractivity contribution in [1.82, 2.24) is 15.1 Å². The largest absolute Gasteiger partial charge is 0.493 e. The summed E-state index contributed by atoms with van der Waals surface area (Å²) in [6.45, 7) is 2.96. The van der Waals surface area contributed by atoms with Gasteiger partial charge >= 0.3 is 0 Å². The third-order valence-corrected chi connectivity index (χ3v) is 5.80. The van der Waals surface area contributed by atoms with Crippen molar-refractivity contribution in [1.29, 1.82) is 0 Å². The third-order valence-electron chi connectivity index (χ3n) is 5.80. The first-order valence-electron chi connectivity index (χ1n) is 11.0. The Morgan fingerprint density at radius 1 is 1.09 bits per heavy atom. The molecule has 0 bridgehead atoms. The van der Waals surface area contributed by atoms with Gasteiger partial charge in [-0.25, -0.2) is 0 Å². The molecule has 7 nitrogen and oxygen atoms in total. The zero-order valence-corrected chi connectivity index (χ0v) is 22.3. The minimum absolute atomic E-state index is 0. The molecule has 180 valence electrons. The van der Waals surface area contributed by atoms with Gasteiger partial charge in [0, 0.05) is 46.7 Å². The SMILES string of the molecule is CN=C(NCCCC(=O)N1Cc2ccccc2C1)N(C)CCc1ccc(OC)c(OC)c1.I. The number of methoxy groups -OCH3 is 2. The number of amides is 1. The fourth-order valence-corrected chi connectivity index (χ4v) is 3.93. The van der Waals surface area contributed by atoms with Crippen LogP contribution in [0.5, 0.6) is 11.5 Å². The number of rotatable bonds is 9. The average molecular weight is 566 g/mol. The number of fused-ring (bicyclic) bond motifs is 1. The van der Waals surface area contributed by atoms with Crippen LogP contribution in [0, 0.1) is 0 Å². The van der Waals surface area contributed by atoms with E-state index in [1.807, 2.05) is 42.3 Å². The van der Waals surface area contributed by atoms with E-state index in [2.05, 4.69) is 27.3 Å². The van der Waals surface area contributed by atoms with Gasteiger partial charge in [-0.3, -0.25) is 9.79 Å². The van der Waals surface area contributed by atoms with Gasteiger partial charge in [0.15, 0.2) is 17.5 Å². The molecule has 8 heteroatoms. The normalized spacial score (nSPS) is 12.6. The number of guanidine groups is 1. The highest BCUT2D eigenvalue weighted by atomic mass is 127. The number of benzene rings is 2. The van der Waals surface area contributed by atoms with Crippen molar-refractivity contribution in [3.63, 3.8) is 0 Å². The lowest BCUT2D eigenvalue weighted by atomic mass is 10.1. The van der Waals surface area contributed by atoms with E-state index in [0.717, 1.165) is 49.9 Å². The van der Waals surface area contributed by atoms with Crippen LogP contribution in [-0.2, 0) is 24.3 Å². The number of hydrogen-bond donors (Lipinski definition) is 1. The van der Waals surface area contributed by atoms with E-state index in [1.165, 1.54) is 16.7 Å². The molecule has 0 fully saturated rings. The zero-order chi connectivity index (χ0) is 22.9. The predicted molar refractivity (Wildman–Crippen MR) is 143 cm³/mol. The van der Waals surface area contributed by atoms with Crippen molar-refractivity contribution < 1.29 is 14.3 Å². The fraction of sp³-hybridized carbons (Fsp3) is 0.440. The summed E-state index contributed by atoms with van der Waals surface area (Å²) in [5.74, 6) is 2.50. The quantitative estimate of drug-likeness (QED) is 0.217. The summed E-state index contributed by atoms with van der Waals surface area (Å²) in [6.07, 6.45) is 2.16. The molecule has 1 aliphatic heterocycles. The van der Waals surface area contributed by atoms with Gasteiger partial charge in [-0.2, -0.15) is 0 Å². The molecule has 0 aromatic heterocycles. The fourth-order valence-electron chi connectivity index (χ4n) is 3.93. The Balaban J connectivity index is 0.00000385. The summed E-state index contributed by atoms with van der Waals surface area (Å²) in [7, 11) is 7.08. The molecule has 1 amide bonds. The molecule has 1 aliphatic rings. The molecule has 0 saturated heterocycles. The maximum Gasteiger partial charge on any atom is 0.223 e. The molecule has 2 aromatic carbocycles. The van der Waals surface area contributed by atoms with Gasteiger partial charge < -0.3 is 24.6 Å². The number of nitrogens with zero attached hydrogens (tertiary/aromatic N) is 3. The molecule has 0 atom stereocenters. The minimum Gasteiger partial charge on any atom is -0.493 e. The second kappa shape index (κ2) is 13.3. The first-order chi connectivity index (χ1) is 15.5. The van der Waals surface area contributed by atoms with Gasteiger partial charge in [-0.15, -0.1) is 24.0 Å². The van der Waals surface area contributed by atoms with Crippen molar-refractivity contribution >= 4 is 35.8 Å². The van der Waals surface area contributed by atoms with Crippen LogP contribution in [0.2, 0.25) is 0 Å². The predicted octanol–water partition coefficient (Wildman–Crippen LogP) is 3.69. The first-order valence-corrected chi connectivity index (χ1v) is 11.0. The number of nitrogens with one attached hydrogen (secondary N) is 1. The molecule has 0 unspecified atom stereocenters. The van der Waals surface area contributed by atoms with Crippen molar-refractivity contribution in [2.45, 2.75) is 32.4 Å². The molecule has 0 aliphatic carbocycles. The Hall–Kier alpha value is -2.49. The lowest BCUT2D eigenvalue weighted by molar-refractivity contribution is -0.131. The van der Waals surface area contributed by atoms with Crippen LogP contribution >= 0.6 is 24.0 Å². The van der Waals surface area contributed by atoms with Crippen molar-refractivity contribution in [3.8, 4) is 11.5 Å². The molecule has 33 heavy (non-hydrogen) atoms. The van der Waals surface area contributed by atoms with Gasteiger partial charge in [0.25, 0.3) is 0 Å². The maximum atomic E-state index is 12.6. The second-order valence-electron chi connectivity index (χ2n) is 7.96. The van der Waals surface area contributed by atoms with E-state index < -0.39 is 0 Å². The van der Waals surface area contributed by atoms with Gasteiger partial charge in [0.05, 0.1) is 14.2 Å². The van der Waals surface area contributed by atoms with Crippen molar-refractivity contribution in [2.24, 2.45) is 4.99 Å². The summed E-state index contributed by atoms with van der Waals surface area (Å²) in [4.78, 5) is 21.0. The highest BCUT2D eigenvalue weighted by Gasteiger charge is 2.22. The molecule has 0 spiro atoms.